The Bertz CT molecular complexity index is 408. The van der Waals surface area contributed by atoms with Gasteiger partial charge >= 0.3 is 5.97 Å². The highest BCUT2D eigenvalue weighted by atomic mass is 16.4. The van der Waals surface area contributed by atoms with E-state index < -0.39 is 17.9 Å². The van der Waals surface area contributed by atoms with Crippen LogP contribution in [0.25, 0.3) is 0 Å². The summed E-state index contributed by atoms with van der Waals surface area (Å²) in [4.78, 5) is 28.1. The van der Waals surface area contributed by atoms with Crippen molar-refractivity contribution in [1.82, 2.24) is 4.90 Å². The van der Waals surface area contributed by atoms with E-state index in [2.05, 4.69) is 4.99 Å². The Kier molecular flexibility index (Phi) is 3.12. The normalized spacial score (nSPS) is 24.2. The van der Waals surface area contributed by atoms with Crippen molar-refractivity contribution in [1.29, 1.82) is 0 Å². The third-order valence-electron chi connectivity index (χ3n) is 3.04. The predicted molar refractivity (Wildman–Crippen MR) is 61.6 cm³/mol. The number of nitrogens with two attached hydrogens (primary N) is 1. The van der Waals surface area contributed by atoms with Gasteiger partial charge in [-0.2, -0.15) is 0 Å². The number of carbonyl (C=O) groups excluding carboxylic acids is 1. The van der Waals surface area contributed by atoms with E-state index in [1.54, 1.807) is 6.08 Å². The molecule has 0 aliphatic carbocycles. The van der Waals surface area contributed by atoms with Crippen LogP contribution in [-0.2, 0) is 9.59 Å². The molecule has 1 amide bonds. The van der Waals surface area contributed by atoms with Crippen LogP contribution >= 0.6 is 0 Å². The molecule has 0 spiro atoms. The van der Waals surface area contributed by atoms with Crippen molar-refractivity contribution >= 4 is 17.6 Å². The number of carboxylic acids is 1. The number of carboxylic acid groups (broad SMARTS) is 1. The number of rotatable bonds is 3. The molecular formula is C11H15N3O3. The second-order valence-electron chi connectivity index (χ2n) is 4.22. The summed E-state index contributed by atoms with van der Waals surface area (Å²) < 4.78 is 0. The van der Waals surface area contributed by atoms with E-state index in [-0.39, 0.29) is 5.71 Å². The van der Waals surface area contributed by atoms with Crippen molar-refractivity contribution in [3.05, 3.63) is 11.8 Å². The summed E-state index contributed by atoms with van der Waals surface area (Å²) in [5.74, 6) is -1.69. The van der Waals surface area contributed by atoms with E-state index in [9.17, 15) is 9.59 Å². The molecule has 0 saturated carbocycles. The number of primary amides is 1. The molecule has 2 rings (SSSR count). The summed E-state index contributed by atoms with van der Waals surface area (Å²) in [6.45, 7) is 1.69. The lowest BCUT2D eigenvalue weighted by Gasteiger charge is -2.25. The molecular weight excluding hydrogens is 222 g/mol. The molecule has 0 aromatic carbocycles. The number of amides is 1. The lowest BCUT2D eigenvalue weighted by Crippen LogP contribution is -2.36. The second-order valence-corrected chi connectivity index (χ2v) is 4.22. The quantitative estimate of drug-likeness (QED) is 0.707. The van der Waals surface area contributed by atoms with Crippen LogP contribution in [0.4, 0.5) is 0 Å². The van der Waals surface area contributed by atoms with Crippen molar-refractivity contribution in [2.45, 2.75) is 25.3 Å². The van der Waals surface area contributed by atoms with Crippen molar-refractivity contribution in [2.24, 2.45) is 10.7 Å². The lowest BCUT2D eigenvalue weighted by atomic mass is 10.1. The Morgan fingerprint density at radius 3 is 2.59 bits per heavy atom. The summed E-state index contributed by atoms with van der Waals surface area (Å²) >= 11 is 0. The minimum atomic E-state index is -1.10. The maximum Gasteiger partial charge on any atom is 0.356 e. The van der Waals surface area contributed by atoms with E-state index in [4.69, 9.17) is 10.8 Å². The molecule has 3 N–H and O–H groups in total. The van der Waals surface area contributed by atoms with Crippen molar-refractivity contribution < 1.29 is 14.7 Å². The standard InChI is InChI=1S/C11H15N3O3/c12-10(15)7-3-4-8(9(13-7)11(16)17)14-5-1-2-6-14/h4,7H,1-3,5-6H2,(H2,12,15)(H,16,17)/t7-/m0/s1. The van der Waals surface area contributed by atoms with Crippen molar-refractivity contribution in [3.8, 4) is 0 Å². The van der Waals surface area contributed by atoms with Crippen LogP contribution in [0.1, 0.15) is 19.3 Å². The van der Waals surface area contributed by atoms with Crippen molar-refractivity contribution in [3.63, 3.8) is 0 Å². The number of dihydropyridines is 1. The SMILES string of the molecule is NC(=O)[C@@H]1CC=C(N2CCCC2)C(C(=O)O)=N1. The van der Waals surface area contributed by atoms with Gasteiger partial charge in [0.1, 0.15) is 6.04 Å². The third-order valence-corrected chi connectivity index (χ3v) is 3.04. The maximum atomic E-state index is 11.1. The highest BCUT2D eigenvalue weighted by Gasteiger charge is 2.29. The molecule has 0 bridgehead atoms. The Balaban J connectivity index is 2.24. The largest absolute Gasteiger partial charge is 0.476 e. The number of aliphatic imine (C=N–C) groups is 1. The minimum Gasteiger partial charge on any atom is -0.476 e. The van der Waals surface area contributed by atoms with Gasteiger partial charge in [0.05, 0.1) is 5.70 Å². The highest BCUT2D eigenvalue weighted by Crippen LogP contribution is 2.21. The zero-order valence-electron chi connectivity index (χ0n) is 9.43. The fourth-order valence-corrected chi connectivity index (χ4v) is 2.18. The van der Waals surface area contributed by atoms with Gasteiger partial charge in [-0.05, 0) is 19.3 Å². The van der Waals surface area contributed by atoms with Gasteiger partial charge in [0.15, 0.2) is 5.71 Å². The molecule has 6 heteroatoms. The van der Waals surface area contributed by atoms with Gasteiger partial charge in [0, 0.05) is 13.1 Å². The average Bonchev–Trinajstić information content (AvgIpc) is 2.81. The van der Waals surface area contributed by atoms with Crippen LogP contribution in [0, 0.1) is 0 Å². The van der Waals surface area contributed by atoms with E-state index >= 15 is 0 Å². The van der Waals surface area contributed by atoms with E-state index in [1.165, 1.54) is 0 Å². The summed E-state index contributed by atoms with van der Waals surface area (Å²) in [5.41, 5.74) is 5.74. The molecule has 2 heterocycles. The van der Waals surface area contributed by atoms with E-state index in [1.807, 2.05) is 4.90 Å². The van der Waals surface area contributed by atoms with E-state index in [0.29, 0.717) is 12.1 Å². The molecule has 17 heavy (non-hydrogen) atoms. The number of hydrogen-bond donors (Lipinski definition) is 2. The number of nitrogens with zero attached hydrogens (tertiary/aromatic N) is 2. The number of carbonyl (C=O) groups is 2. The molecule has 0 aromatic rings. The molecule has 0 unspecified atom stereocenters. The first-order chi connectivity index (χ1) is 8.09. The number of likely N-dealkylation sites (tertiary alicyclic amines) is 1. The smallest absolute Gasteiger partial charge is 0.356 e. The van der Waals surface area contributed by atoms with Gasteiger partial charge in [-0.1, -0.05) is 6.08 Å². The zero-order chi connectivity index (χ0) is 12.4. The monoisotopic (exact) mass is 237 g/mol. The third kappa shape index (κ3) is 2.30. The Morgan fingerprint density at radius 1 is 1.41 bits per heavy atom. The Morgan fingerprint density at radius 2 is 2.06 bits per heavy atom. The van der Waals surface area contributed by atoms with Gasteiger partial charge in [-0.25, -0.2) is 4.79 Å². The minimum absolute atomic E-state index is 0.0399. The van der Waals surface area contributed by atoms with Gasteiger partial charge in [-0.15, -0.1) is 0 Å². The predicted octanol–water partition coefficient (Wildman–Crippen LogP) is -0.251. The summed E-state index contributed by atoms with van der Waals surface area (Å²) in [6.07, 6.45) is 4.27. The molecule has 0 aromatic heterocycles. The van der Waals surface area contributed by atoms with Crippen LogP contribution in [0.3, 0.4) is 0 Å². The second kappa shape index (κ2) is 4.57. The number of hydrogen-bond acceptors (Lipinski definition) is 4. The first-order valence-electron chi connectivity index (χ1n) is 5.65. The van der Waals surface area contributed by atoms with Crippen LogP contribution in [0.2, 0.25) is 0 Å². The molecule has 0 radical (unpaired) electrons. The van der Waals surface area contributed by atoms with Gasteiger partial charge in [-0.3, -0.25) is 9.79 Å². The van der Waals surface area contributed by atoms with Crippen LogP contribution in [0.5, 0.6) is 0 Å². The fourth-order valence-electron chi connectivity index (χ4n) is 2.18. The van der Waals surface area contributed by atoms with Crippen molar-refractivity contribution in [2.75, 3.05) is 13.1 Å². The molecule has 2 aliphatic rings. The first-order valence-corrected chi connectivity index (χ1v) is 5.65. The van der Waals surface area contributed by atoms with Crippen LogP contribution < -0.4 is 5.73 Å². The van der Waals surface area contributed by atoms with Gasteiger partial charge in [0.2, 0.25) is 5.91 Å². The summed E-state index contributed by atoms with van der Waals surface area (Å²) in [6, 6.07) is -0.743. The maximum absolute atomic E-state index is 11.1. The Labute approximate surface area is 98.8 Å². The van der Waals surface area contributed by atoms with Crippen LogP contribution in [-0.4, -0.2) is 46.7 Å². The summed E-state index contributed by atoms with van der Waals surface area (Å²) in [5, 5.41) is 9.12. The lowest BCUT2D eigenvalue weighted by molar-refractivity contribution is -0.129. The Hall–Kier alpha value is -1.85. The highest BCUT2D eigenvalue weighted by molar-refractivity contribution is 6.42. The van der Waals surface area contributed by atoms with Crippen LogP contribution in [0.15, 0.2) is 16.8 Å². The van der Waals surface area contributed by atoms with E-state index in [0.717, 1.165) is 25.9 Å². The molecule has 1 atom stereocenters. The number of aliphatic carboxylic acids is 1. The first kappa shape index (κ1) is 11.6. The fraction of sp³-hybridized carbons (Fsp3) is 0.545. The topological polar surface area (TPSA) is 96.0 Å². The molecule has 92 valence electrons. The molecule has 1 fully saturated rings. The molecule has 1 saturated heterocycles. The van der Waals surface area contributed by atoms with Gasteiger partial charge in [0.25, 0.3) is 0 Å². The zero-order valence-corrected chi connectivity index (χ0v) is 9.43. The van der Waals surface area contributed by atoms with Gasteiger partial charge < -0.3 is 15.7 Å². The molecule has 6 nitrogen and oxygen atoms in total. The average molecular weight is 237 g/mol. The molecule has 2 aliphatic heterocycles. The summed E-state index contributed by atoms with van der Waals surface area (Å²) in [7, 11) is 0.